The minimum Gasteiger partial charge on any atom is -0.399 e. The molecule has 0 saturated heterocycles. The number of benzene rings is 3. The molecule has 4 heteroatoms. The van der Waals surface area contributed by atoms with E-state index in [4.69, 9.17) is 22.3 Å². The maximum atomic E-state index is 6.11. The summed E-state index contributed by atoms with van der Waals surface area (Å²) in [6.45, 7) is 0.862. The molecule has 0 aromatic heterocycles. The van der Waals surface area contributed by atoms with Gasteiger partial charge in [-0.25, -0.2) is 0 Å². The summed E-state index contributed by atoms with van der Waals surface area (Å²) < 4.78 is 0. The van der Waals surface area contributed by atoms with Crippen LogP contribution in [0.5, 0.6) is 0 Å². The minimum atomic E-state index is -0.0140. The predicted molar refractivity (Wildman–Crippen MR) is 118 cm³/mol. The summed E-state index contributed by atoms with van der Waals surface area (Å²) in [4.78, 5) is 7.48. The van der Waals surface area contributed by atoms with E-state index >= 15 is 0 Å². The first-order chi connectivity index (χ1) is 13.6. The fourth-order valence-corrected chi connectivity index (χ4v) is 3.83. The summed E-state index contributed by atoms with van der Waals surface area (Å²) in [6, 6.07) is 24.7. The summed E-state index contributed by atoms with van der Waals surface area (Å²) in [5.41, 5.74) is 11.6. The number of anilines is 1. The third-order valence-corrected chi connectivity index (χ3v) is 5.53. The van der Waals surface area contributed by atoms with Gasteiger partial charge in [-0.2, -0.15) is 0 Å². The van der Waals surface area contributed by atoms with Crippen LogP contribution >= 0.6 is 11.6 Å². The van der Waals surface area contributed by atoms with Gasteiger partial charge in [0.15, 0.2) is 0 Å². The Labute approximate surface area is 171 Å². The average molecular weight is 390 g/mol. The van der Waals surface area contributed by atoms with Gasteiger partial charge in [0.1, 0.15) is 11.9 Å². The number of nitrogen functional groups attached to an aromatic ring is 1. The lowest BCUT2D eigenvalue weighted by molar-refractivity contribution is 0.490. The van der Waals surface area contributed by atoms with Gasteiger partial charge in [0.05, 0.1) is 0 Å². The smallest absolute Gasteiger partial charge is 0.102 e. The molecule has 3 aromatic carbocycles. The lowest BCUT2D eigenvalue weighted by Crippen LogP contribution is -2.26. The van der Waals surface area contributed by atoms with Crippen molar-refractivity contribution >= 4 is 23.1 Å². The van der Waals surface area contributed by atoms with Crippen LogP contribution in [0.15, 0.2) is 77.8 Å². The molecule has 1 heterocycles. The second-order valence-electron chi connectivity index (χ2n) is 7.30. The molecule has 28 heavy (non-hydrogen) atoms. The van der Waals surface area contributed by atoms with Gasteiger partial charge in [0.2, 0.25) is 0 Å². The molecule has 1 unspecified atom stereocenters. The van der Waals surface area contributed by atoms with E-state index < -0.39 is 0 Å². The number of nitrogens with two attached hydrogens (primary N) is 1. The van der Waals surface area contributed by atoms with E-state index in [1.807, 2.05) is 24.3 Å². The van der Waals surface area contributed by atoms with E-state index in [0.717, 1.165) is 41.5 Å². The Balaban J connectivity index is 1.67. The number of hydrogen-bond donors (Lipinski definition) is 1. The largest absolute Gasteiger partial charge is 0.399 e. The van der Waals surface area contributed by atoms with Crippen LogP contribution in [0.4, 0.5) is 5.69 Å². The van der Waals surface area contributed by atoms with Crippen molar-refractivity contribution in [2.45, 2.75) is 25.4 Å². The third-order valence-electron chi connectivity index (χ3n) is 5.28. The number of halogens is 1. The number of amidine groups is 1. The molecule has 1 aliphatic rings. The topological polar surface area (TPSA) is 41.6 Å². The van der Waals surface area contributed by atoms with Crippen molar-refractivity contribution in [2.24, 2.45) is 4.99 Å². The summed E-state index contributed by atoms with van der Waals surface area (Å²) >= 11 is 6.11. The Bertz CT molecular complexity index is 977. The molecule has 1 atom stereocenters. The second-order valence-corrected chi connectivity index (χ2v) is 7.73. The molecule has 2 N–H and O–H groups in total. The first kappa shape index (κ1) is 18.6. The van der Waals surface area contributed by atoms with Crippen LogP contribution in [0.25, 0.3) is 0 Å². The highest BCUT2D eigenvalue weighted by atomic mass is 35.5. The van der Waals surface area contributed by atoms with Crippen molar-refractivity contribution in [1.82, 2.24) is 4.90 Å². The van der Waals surface area contributed by atoms with Gasteiger partial charge in [-0.15, -0.1) is 0 Å². The molecule has 0 bridgehead atoms. The molecule has 1 aliphatic heterocycles. The molecule has 142 valence electrons. The second kappa shape index (κ2) is 8.07. The fourth-order valence-electron chi connectivity index (χ4n) is 3.70. The van der Waals surface area contributed by atoms with Crippen molar-refractivity contribution in [3.63, 3.8) is 0 Å². The lowest BCUT2D eigenvalue weighted by Gasteiger charge is -2.20. The zero-order valence-corrected chi connectivity index (χ0v) is 16.7. The molecular weight excluding hydrogens is 366 g/mol. The number of nitrogens with zero attached hydrogens (tertiary/aromatic N) is 2. The molecule has 4 rings (SSSR count). The number of aryl methyl sites for hydroxylation is 1. The normalized spacial score (nSPS) is 16.3. The van der Waals surface area contributed by atoms with Crippen LogP contribution < -0.4 is 5.73 Å². The van der Waals surface area contributed by atoms with Crippen molar-refractivity contribution in [3.8, 4) is 0 Å². The standard InChI is InChI=1S/C24H24ClN3/c1-28-16-19-4-2-3-5-22(19)24(18-9-11-20(25)12-10-18)27-23(28)15-8-17-6-13-21(26)14-7-17/h2-7,9-14,24H,8,15-16,26H2,1H3. The zero-order chi connectivity index (χ0) is 19.5. The van der Waals surface area contributed by atoms with E-state index in [0.29, 0.717) is 0 Å². The van der Waals surface area contributed by atoms with E-state index in [-0.39, 0.29) is 6.04 Å². The minimum absolute atomic E-state index is 0.0140. The lowest BCUT2D eigenvalue weighted by atomic mass is 9.95. The van der Waals surface area contributed by atoms with Crippen LogP contribution in [-0.4, -0.2) is 17.8 Å². The molecule has 0 radical (unpaired) electrons. The Hall–Kier alpha value is -2.78. The first-order valence-electron chi connectivity index (χ1n) is 9.55. The monoisotopic (exact) mass is 389 g/mol. The fraction of sp³-hybridized carbons (Fsp3) is 0.208. The maximum Gasteiger partial charge on any atom is 0.102 e. The molecular formula is C24H24ClN3. The van der Waals surface area contributed by atoms with E-state index in [2.05, 4.69) is 60.5 Å². The van der Waals surface area contributed by atoms with Crippen LogP contribution in [0.3, 0.4) is 0 Å². The van der Waals surface area contributed by atoms with Gasteiger partial charge in [-0.1, -0.05) is 60.1 Å². The Morgan fingerprint density at radius 2 is 1.68 bits per heavy atom. The number of rotatable bonds is 4. The van der Waals surface area contributed by atoms with Gasteiger partial charge in [0.25, 0.3) is 0 Å². The summed E-state index contributed by atoms with van der Waals surface area (Å²) in [7, 11) is 2.13. The summed E-state index contributed by atoms with van der Waals surface area (Å²) in [5, 5.41) is 0.746. The van der Waals surface area contributed by atoms with Crippen LogP contribution in [0.2, 0.25) is 5.02 Å². The van der Waals surface area contributed by atoms with E-state index in [1.165, 1.54) is 16.7 Å². The Morgan fingerprint density at radius 3 is 2.43 bits per heavy atom. The van der Waals surface area contributed by atoms with Crippen LogP contribution in [-0.2, 0) is 13.0 Å². The predicted octanol–water partition coefficient (Wildman–Crippen LogP) is 5.49. The number of fused-ring (bicyclic) bond motifs is 1. The molecule has 0 amide bonds. The summed E-state index contributed by atoms with van der Waals surface area (Å²) in [5.74, 6) is 1.12. The highest BCUT2D eigenvalue weighted by molar-refractivity contribution is 6.30. The molecule has 3 nitrogen and oxygen atoms in total. The van der Waals surface area contributed by atoms with Crippen molar-refractivity contribution < 1.29 is 0 Å². The number of aliphatic imine (C=N–C) groups is 1. The zero-order valence-electron chi connectivity index (χ0n) is 16.0. The van der Waals surface area contributed by atoms with Crippen LogP contribution in [0.1, 0.15) is 34.7 Å². The third kappa shape index (κ3) is 4.05. The van der Waals surface area contributed by atoms with Gasteiger partial charge >= 0.3 is 0 Å². The molecule has 3 aromatic rings. The van der Waals surface area contributed by atoms with Gasteiger partial charge in [-0.05, 0) is 52.9 Å². The Morgan fingerprint density at radius 1 is 0.964 bits per heavy atom. The SMILES string of the molecule is CN1Cc2ccccc2C(c2ccc(Cl)cc2)N=C1CCc1ccc(N)cc1. The average Bonchev–Trinajstić information content (AvgIpc) is 2.84. The van der Waals surface area contributed by atoms with Crippen LogP contribution in [0, 0.1) is 0 Å². The molecule has 0 aliphatic carbocycles. The van der Waals surface area contributed by atoms with Gasteiger partial charge in [-0.3, -0.25) is 4.99 Å². The van der Waals surface area contributed by atoms with Crippen molar-refractivity contribution in [1.29, 1.82) is 0 Å². The van der Waals surface area contributed by atoms with E-state index in [1.54, 1.807) is 0 Å². The molecule has 0 spiro atoms. The Kier molecular flexibility index (Phi) is 5.36. The first-order valence-corrected chi connectivity index (χ1v) is 9.93. The highest BCUT2D eigenvalue weighted by Crippen LogP contribution is 2.33. The molecule has 0 saturated carbocycles. The molecule has 0 fully saturated rings. The maximum absolute atomic E-state index is 6.11. The summed E-state index contributed by atoms with van der Waals surface area (Å²) in [6.07, 6.45) is 1.83. The highest BCUT2D eigenvalue weighted by Gasteiger charge is 2.23. The quantitative estimate of drug-likeness (QED) is 0.599. The van der Waals surface area contributed by atoms with Crippen molar-refractivity contribution in [3.05, 3.63) is 100 Å². The van der Waals surface area contributed by atoms with Crippen molar-refractivity contribution in [2.75, 3.05) is 12.8 Å². The number of hydrogen-bond acceptors (Lipinski definition) is 3. The van der Waals surface area contributed by atoms with E-state index in [9.17, 15) is 0 Å². The van der Waals surface area contributed by atoms with Gasteiger partial charge in [0, 0.05) is 30.7 Å². The van der Waals surface area contributed by atoms with Gasteiger partial charge < -0.3 is 10.6 Å².